The molecule has 0 aliphatic carbocycles. The van der Waals surface area contributed by atoms with Crippen LogP contribution in [0.4, 0.5) is 24.0 Å². The van der Waals surface area contributed by atoms with Crippen LogP contribution < -0.4 is 10.5 Å². The van der Waals surface area contributed by atoms with Gasteiger partial charge in [0.25, 0.3) is 11.2 Å². The van der Waals surface area contributed by atoms with E-state index in [-0.39, 0.29) is 9.83 Å². The highest BCUT2D eigenvalue weighted by Crippen LogP contribution is 2.38. The van der Waals surface area contributed by atoms with Crippen molar-refractivity contribution in [3.05, 3.63) is 74.1 Å². The van der Waals surface area contributed by atoms with Crippen molar-refractivity contribution in [2.45, 2.75) is 19.6 Å². The number of nitro groups is 1. The molecule has 0 atom stereocenters. The predicted octanol–water partition coefficient (Wildman–Crippen LogP) is 4.61. The summed E-state index contributed by atoms with van der Waals surface area (Å²) in [5.74, 6) is 0. The van der Waals surface area contributed by atoms with Crippen molar-refractivity contribution in [2.75, 3.05) is 11.4 Å². The van der Waals surface area contributed by atoms with Crippen molar-refractivity contribution in [3.8, 4) is 0 Å². The van der Waals surface area contributed by atoms with Crippen LogP contribution in [0.1, 0.15) is 18.1 Å². The van der Waals surface area contributed by atoms with Gasteiger partial charge in [0.2, 0.25) is 0 Å². The summed E-state index contributed by atoms with van der Waals surface area (Å²) >= 11 is 0.833. The Kier molecular flexibility index (Phi) is 5.32. The summed E-state index contributed by atoms with van der Waals surface area (Å²) in [5.41, 5.74) is -1.99. The first-order chi connectivity index (χ1) is 13.2. The minimum absolute atomic E-state index is 0.125. The lowest BCUT2D eigenvalue weighted by Crippen LogP contribution is -2.24. The highest BCUT2D eigenvalue weighted by Gasteiger charge is 2.34. The van der Waals surface area contributed by atoms with Gasteiger partial charge in [0.05, 0.1) is 15.9 Å². The van der Waals surface area contributed by atoms with E-state index in [1.54, 1.807) is 4.90 Å². The van der Waals surface area contributed by atoms with Gasteiger partial charge in [-0.3, -0.25) is 14.9 Å². The number of hydrogen-bond donors (Lipinski definition) is 0. The van der Waals surface area contributed by atoms with Crippen LogP contribution in [-0.4, -0.2) is 16.5 Å². The largest absolute Gasteiger partial charge is 0.416 e. The fourth-order valence-corrected chi connectivity index (χ4v) is 3.82. The Morgan fingerprint density at radius 1 is 1.21 bits per heavy atom. The second-order valence-corrected chi connectivity index (χ2v) is 6.91. The van der Waals surface area contributed by atoms with Gasteiger partial charge in [0, 0.05) is 19.2 Å². The fourth-order valence-electron chi connectivity index (χ4n) is 2.69. The molecule has 2 aromatic carbocycles. The zero-order valence-corrected chi connectivity index (χ0v) is 15.4. The van der Waals surface area contributed by atoms with Crippen LogP contribution in [-0.2, 0) is 12.7 Å². The maximum atomic E-state index is 13.0. The van der Waals surface area contributed by atoms with E-state index in [0.29, 0.717) is 25.2 Å². The second kappa shape index (κ2) is 7.55. The number of rotatable bonds is 5. The summed E-state index contributed by atoms with van der Waals surface area (Å²) in [6.45, 7) is 2.69. The summed E-state index contributed by atoms with van der Waals surface area (Å²) in [6, 6.07) is 10.4. The van der Waals surface area contributed by atoms with Crippen LogP contribution in [0.2, 0.25) is 0 Å². The van der Waals surface area contributed by atoms with E-state index in [4.69, 9.17) is 0 Å². The third-order valence-corrected chi connectivity index (χ3v) is 5.25. The number of fused-ring (bicyclic) bond motifs is 1. The normalized spacial score (nSPS) is 11.6. The molecule has 3 aromatic rings. The summed E-state index contributed by atoms with van der Waals surface area (Å²) in [4.78, 5) is 28.5. The molecule has 28 heavy (non-hydrogen) atoms. The summed E-state index contributed by atoms with van der Waals surface area (Å²) in [7, 11) is 0. The van der Waals surface area contributed by atoms with Gasteiger partial charge in [-0.05, 0) is 18.6 Å². The van der Waals surface area contributed by atoms with Crippen LogP contribution >= 0.6 is 11.3 Å². The highest BCUT2D eigenvalue weighted by molar-refractivity contribution is 7.22. The Balaban J connectivity index is 2.17. The number of alkyl halides is 3. The maximum Gasteiger partial charge on any atom is 0.416 e. The van der Waals surface area contributed by atoms with Gasteiger partial charge in [-0.25, -0.2) is 0 Å². The van der Waals surface area contributed by atoms with Crippen LogP contribution in [0, 0.1) is 10.1 Å². The number of halogens is 3. The Morgan fingerprint density at radius 3 is 2.46 bits per heavy atom. The van der Waals surface area contributed by atoms with E-state index in [0.717, 1.165) is 16.9 Å². The van der Waals surface area contributed by atoms with Gasteiger partial charge < -0.3 is 4.90 Å². The monoisotopic (exact) mass is 409 g/mol. The minimum atomic E-state index is -4.81. The summed E-state index contributed by atoms with van der Waals surface area (Å²) in [5, 5.41) is 11.2. The molecule has 0 fully saturated rings. The predicted molar refractivity (Wildman–Crippen MR) is 101 cm³/mol. The van der Waals surface area contributed by atoms with E-state index in [9.17, 15) is 28.1 Å². The quantitative estimate of drug-likeness (QED) is 0.454. The first kappa shape index (κ1) is 19.7. The molecule has 0 N–H and O–H groups in total. The van der Waals surface area contributed by atoms with Crippen molar-refractivity contribution in [1.82, 2.24) is 4.98 Å². The molecular weight excluding hydrogens is 395 g/mol. The molecule has 0 aliphatic heterocycles. The number of nitrogens with zero attached hydrogens (tertiary/aromatic N) is 3. The molecule has 146 valence electrons. The zero-order valence-electron chi connectivity index (χ0n) is 14.6. The molecule has 1 heterocycles. The van der Waals surface area contributed by atoms with Crippen molar-refractivity contribution >= 4 is 32.2 Å². The summed E-state index contributed by atoms with van der Waals surface area (Å²) < 4.78 is 39.0. The Morgan fingerprint density at radius 2 is 1.89 bits per heavy atom. The highest BCUT2D eigenvalue weighted by atomic mass is 32.1. The number of anilines is 1. The molecule has 6 nitrogen and oxygen atoms in total. The van der Waals surface area contributed by atoms with E-state index < -0.39 is 33.3 Å². The standard InChI is InChI=1S/C18H14F3N3O3S/c1-2-23(10-11-6-4-3-5-7-11)17-22-16(25)13-8-12(18(19,20)21)9-14(24(26)27)15(13)28-17/h3-9H,2,10H2,1H3. The van der Waals surface area contributed by atoms with Crippen molar-refractivity contribution in [2.24, 2.45) is 0 Å². The molecule has 10 heteroatoms. The number of nitro benzene ring substituents is 1. The van der Waals surface area contributed by atoms with E-state index in [1.807, 2.05) is 37.3 Å². The number of non-ortho nitro benzene ring substituents is 1. The molecule has 0 bridgehead atoms. The van der Waals surface area contributed by atoms with E-state index in [2.05, 4.69) is 4.98 Å². The third-order valence-electron chi connectivity index (χ3n) is 4.08. The maximum absolute atomic E-state index is 13.0. The van der Waals surface area contributed by atoms with Gasteiger partial charge in [0.1, 0.15) is 4.70 Å². The van der Waals surface area contributed by atoms with E-state index in [1.165, 1.54) is 0 Å². The average Bonchev–Trinajstić information content (AvgIpc) is 2.65. The van der Waals surface area contributed by atoms with Crippen LogP contribution in [0.15, 0.2) is 47.3 Å². The first-order valence-corrected chi connectivity index (χ1v) is 9.01. The minimum Gasteiger partial charge on any atom is -0.344 e. The molecular formula is C18H14F3N3O3S. The Bertz CT molecular complexity index is 1080. The molecule has 0 amide bonds. The number of aromatic nitrogens is 1. The lowest BCUT2D eigenvalue weighted by molar-refractivity contribution is -0.383. The topological polar surface area (TPSA) is 76.3 Å². The average molecular weight is 409 g/mol. The number of benzene rings is 2. The zero-order chi connectivity index (χ0) is 20.5. The second-order valence-electron chi connectivity index (χ2n) is 5.93. The molecule has 0 radical (unpaired) electrons. The molecule has 0 unspecified atom stereocenters. The Labute approximate surface area is 161 Å². The lowest BCUT2D eigenvalue weighted by atomic mass is 10.1. The van der Waals surface area contributed by atoms with Gasteiger partial charge in [0.15, 0.2) is 5.13 Å². The van der Waals surface area contributed by atoms with Gasteiger partial charge in [-0.1, -0.05) is 41.7 Å². The van der Waals surface area contributed by atoms with Crippen LogP contribution in [0.5, 0.6) is 0 Å². The SMILES string of the molecule is CCN(Cc1ccccc1)c1nc(=O)c2cc(C(F)(F)F)cc([N+](=O)[O-])c2s1. The molecule has 0 aliphatic rings. The molecule has 0 saturated carbocycles. The van der Waals surface area contributed by atoms with Gasteiger partial charge >= 0.3 is 6.18 Å². The molecule has 3 rings (SSSR count). The van der Waals surface area contributed by atoms with Crippen LogP contribution in [0.3, 0.4) is 0 Å². The van der Waals surface area contributed by atoms with Gasteiger partial charge in [-0.2, -0.15) is 18.2 Å². The van der Waals surface area contributed by atoms with Crippen LogP contribution in [0.25, 0.3) is 10.1 Å². The third kappa shape index (κ3) is 3.96. The molecule has 1 aromatic heterocycles. The van der Waals surface area contributed by atoms with Crippen molar-refractivity contribution in [3.63, 3.8) is 0 Å². The van der Waals surface area contributed by atoms with Crippen molar-refractivity contribution in [1.29, 1.82) is 0 Å². The Hall–Kier alpha value is -3.01. The van der Waals surface area contributed by atoms with Crippen molar-refractivity contribution < 1.29 is 18.1 Å². The van der Waals surface area contributed by atoms with E-state index >= 15 is 0 Å². The summed E-state index contributed by atoms with van der Waals surface area (Å²) in [6.07, 6.45) is -4.81. The molecule has 0 spiro atoms. The first-order valence-electron chi connectivity index (χ1n) is 8.20. The molecule has 0 saturated heterocycles. The number of hydrogen-bond acceptors (Lipinski definition) is 6. The van der Waals surface area contributed by atoms with Gasteiger partial charge in [-0.15, -0.1) is 0 Å². The lowest BCUT2D eigenvalue weighted by Gasteiger charge is -2.21. The fraction of sp³-hybridized carbons (Fsp3) is 0.222. The smallest absolute Gasteiger partial charge is 0.344 e.